The molecule has 1 aromatic rings. The monoisotopic (exact) mass is 259 g/mol. The van der Waals surface area contributed by atoms with Crippen molar-refractivity contribution in [3.05, 3.63) is 35.4 Å². The van der Waals surface area contributed by atoms with Gasteiger partial charge in [-0.05, 0) is 36.9 Å². The van der Waals surface area contributed by atoms with Gasteiger partial charge in [-0.3, -0.25) is 4.79 Å². The molecule has 0 unspecified atom stereocenters. The van der Waals surface area contributed by atoms with Crippen LogP contribution < -0.4 is 5.73 Å². The van der Waals surface area contributed by atoms with Crippen LogP contribution in [0.3, 0.4) is 0 Å². The number of hydrogen-bond donors (Lipinski definition) is 1. The first-order chi connectivity index (χ1) is 9.29. The van der Waals surface area contributed by atoms with E-state index in [2.05, 4.69) is 12.1 Å². The summed E-state index contributed by atoms with van der Waals surface area (Å²) < 4.78 is 0. The minimum absolute atomic E-state index is 0.321. The van der Waals surface area contributed by atoms with E-state index < -0.39 is 0 Å². The highest BCUT2D eigenvalue weighted by molar-refractivity contribution is 5.96. The number of hydrogen-bond acceptors (Lipinski definition) is 2. The highest BCUT2D eigenvalue weighted by atomic mass is 16.1. The highest BCUT2D eigenvalue weighted by Crippen LogP contribution is 2.27. The zero-order valence-corrected chi connectivity index (χ0v) is 11.7. The number of rotatable bonds is 6. The number of carbonyl (C=O) groups is 1. The molecule has 2 nitrogen and oxygen atoms in total. The molecule has 104 valence electrons. The van der Waals surface area contributed by atoms with Crippen molar-refractivity contribution < 1.29 is 4.79 Å². The van der Waals surface area contributed by atoms with E-state index in [-0.39, 0.29) is 0 Å². The van der Waals surface area contributed by atoms with Crippen LogP contribution in [-0.2, 0) is 6.42 Å². The predicted octanol–water partition coefficient (Wildman–Crippen LogP) is 3.73. The van der Waals surface area contributed by atoms with Crippen molar-refractivity contribution in [1.29, 1.82) is 0 Å². The molecular weight excluding hydrogens is 234 g/mol. The number of ketones is 1. The summed E-state index contributed by atoms with van der Waals surface area (Å²) >= 11 is 0. The Hall–Kier alpha value is -1.15. The molecule has 0 radical (unpaired) electrons. The lowest BCUT2D eigenvalue weighted by Crippen LogP contribution is -2.12. The Labute approximate surface area is 116 Å². The summed E-state index contributed by atoms with van der Waals surface area (Å²) in [5.74, 6) is 0.940. The number of benzene rings is 1. The molecular formula is C17H25NO. The second-order valence-electron chi connectivity index (χ2n) is 5.72. The Morgan fingerprint density at radius 3 is 2.74 bits per heavy atom. The van der Waals surface area contributed by atoms with Gasteiger partial charge in [0.05, 0.1) is 0 Å². The van der Waals surface area contributed by atoms with Gasteiger partial charge in [0.1, 0.15) is 0 Å². The molecule has 2 heteroatoms. The van der Waals surface area contributed by atoms with Crippen molar-refractivity contribution >= 4 is 5.78 Å². The Morgan fingerprint density at radius 2 is 2.00 bits per heavy atom. The number of nitrogens with two attached hydrogens (primary N) is 1. The van der Waals surface area contributed by atoms with Gasteiger partial charge in [-0.2, -0.15) is 0 Å². The number of aryl methyl sites for hydroxylation is 1. The van der Waals surface area contributed by atoms with Crippen molar-refractivity contribution in [2.75, 3.05) is 6.54 Å². The first-order valence-electron chi connectivity index (χ1n) is 7.62. The van der Waals surface area contributed by atoms with E-state index in [0.29, 0.717) is 18.2 Å². The summed E-state index contributed by atoms with van der Waals surface area (Å²) in [7, 11) is 0. The molecule has 0 saturated heterocycles. The van der Waals surface area contributed by atoms with E-state index in [1.807, 2.05) is 12.1 Å². The van der Waals surface area contributed by atoms with Gasteiger partial charge in [0, 0.05) is 12.0 Å². The van der Waals surface area contributed by atoms with E-state index in [1.165, 1.54) is 37.7 Å². The Bertz CT molecular complexity index is 407. The molecule has 0 aromatic heterocycles. The molecule has 0 bridgehead atoms. The predicted molar refractivity (Wildman–Crippen MR) is 79.3 cm³/mol. The van der Waals surface area contributed by atoms with E-state index in [9.17, 15) is 4.79 Å². The van der Waals surface area contributed by atoms with Crippen LogP contribution in [0.25, 0.3) is 0 Å². The van der Waals surface area contributed by atoms with Gasteiger partial charge in [0.2, 0.25) is 0 Å². The van der Waals surface area contributed by atoms with E-state index >= 15 is 0 Å². The quantitative estimate of drug-likeness (QED) is 0.791. The largest absolute Gasteiger partial charge is 0.330 e. The summed E-state index contributed by atoms with van der Waals surface area (Å²) in [6.07, 6.45) is 9.11. The van der Waals surface area contributed by atoms with Gasteiger partial charge in [-0.25, -0.2) is 0 Å². The summed E-state index contributed by atoms with van der Waals surface area (Å²) in [5, 5.41) is 0. The molecule has 2 rings (SSSR count). The van der Waals surface area contributed by atoms with Crippen molar-refractivity contribution in [1.82, 2.24) is 0 Å². The minimum atomic E-state index is 0.321. The lowest BCUT2D eigenvalue weighted by molar-refractivity contribution is 0.0950. The van der Waals surface area contributed by atoms with Gasteiger partial charge in [-0.1, -0.05) is 50.3 Å². The van der Waals surface area contributed by atoms with Crippen LogP contribution in [0.4, 0.5) is 0 Å². The van der Waals surface area contributed by atoms with Gasteiger partial charge in [0.15, 0.2) is 5.78 Å². The lowest BCUT2D eigenvalue weighted by Gasteiger charge is -2.20. The Morgan fingerprint density at radius 1 is 1.21 bits per heavy atom. The average molecular weight is 259 g/mol. The van der Waals surface area contributed by atoms with Crippen LogP contribution in [-0.4, -0.2) is 12.3 Å². The second kappa shape index (κ2) is 7.44. The molecule has 1 saturated carbocycles. The second-order valence-corrected chi connectivity index (χ2v) is 5.72. The van der Waals surface area contributed by atoms with Crippen LogP contribution in [0.1, 0.15) is 60.9 Å². The zero-order chi connectivity index (χ0) is 13.5. The normalized spacial score (nSPS) is 16.5. The smallest absolute Gasteiger partial charge is 0.163 e. The molecule has 1 fully saturated rings. The van der Waals surface area contributed by atoms with Crippen LogP contribution in [0.5, 0.6) is 0 Å². The van der Waals surface area contributed by atoms with Crippen LogP contribution in [0.15, 0.2) is 24.3 Å². The molecule has 0 atom stereocenters. The van der Waals surface area contributed by atoms with Gasteiger partial charge < -0.3 is 5.73 Å². The molecule has 0 spiro atoms. The molecule has 1 aliphatic rings. The van der Waals surface area contributed by atoms with Crippen molar-refractivity contribution in [2.24, 2.45) is 11.7 Å². The fraction of sp³-hybridized carbons (Fsp3) is 0.588. The van der Waals surface area contributed by atoms with Crippen LogP contribution in [0, 0.1) is 5.92 Å². The SMILES string of the molecule is NCCCc1cccc(C(=O)CC2CCCCC2)c1. The maximum Gasteiger partial charge on any atom is 0.163 e. The third-order valence-electron chi connectivity index (χ3n) is 4.12. The van der Waals surface area contributed by atoms with Crippen molar-refractivity contribution in [2.45, 2.75) is 51.4 Å². The van der Waals surface area contributed by atoms with E-state index in [0.717, 1.165) is 24.8 Å². The minimum Gasteiger partial charge on any atom is -0.330 e. The maximum absolute atomic E-state index is 12.3. The fourth-order valence-corrected chi connectivity index (χ4v) is 2.98. The van der Waals surface area contributed by atoms with Gasteiger partial charge in [-0.15, -0.1) is 0 Å². The Balaban J connectivity index is 1.93. The molecule has 1 aromatic carbocycles. The van der Waals surface area contributed by atoms with Crippen LogP contribution >= 0.6 is 0 Å². The Kier molecular flexibility index (Phi) is 5.59. The fourth-order valence-electron chi connectivity index (χ4n) is 2.98. The molecule has 1 aliphatic carbocycles. The number of carbonyl (C=O) groups excluding carboxylic acids is 1. The third kappa shape index (κ3) is 4.46. The lowest BCUT2D eigenvalue weighted by atomic mass is 9.84. The van der Waals surface area contributed by atoms with Gasteiger partial charge in [0.25, 0.3) is 0 Å². The summed E-state index contributed by atoms with van der Waals surface area (Å²) in [5.41, 5.74) is 7.66. The molecule has 19 heavy (non-hydrogen) atoms. The van der Waals surface area contributed by atoms with E-state index in [1.54, 1.807) is 0 Å². The summed E-state index contributed by atoms with van der Waals surface area (Å²) in [6, 6.07) is 8.10. The number of Topliss-reactive ketones (excluding diaryl/α,β-unsaturated/α-hetero) is 1. The van der Waals surface area contributed by atoms with Gasteiger partial charge >= 0.3 is 0 Å². The molecule has 0 aliphatic heterocycles. The average Bonchev–Trinajstić information content (AvgIpc) is 2.46. The van der Waals surface area contributed by atoms with Crippen molar-refractivity contribution in [3.8, 4) is 0 Å². The van der Waals surface area contributed by atoms with Crippen LogP contribution in [0.2, 0.25) is 0 Å². The van der Waals surface area contributed by atoms with E-state index in [4.69, 9.17) is 5.73 Å². The zero-order valence-electron chi connectivity index (χ0n) is 11.7. The maximum atomic E-state index is 12.3. The standard InChI is InChI=1S/C17H25NO/c18-11-5-9-14-8-4-10-16(12-14)17(19)13-15-6-2-1-3-7-15/h4,8,10,12,15H,1-3,5-7,9,11,13,18H2. The van der Waals surface area contributed by atoms with Crippen molar-refractivity contribution in [3.63, 3.8) is 0 Å². The topological polar surface area (TPSA) is 43.1 Å². The molecule has 2 N–H and O–H groups in total. The summed E-state index contributed by atoms with van der Waals surface area (Å²) in [6.45, 7) is 0.709. The third-order valence-corrected chi connectivity index (χ3v) is 4.12. The molecule has 0 heterocycles. The highest BCUT2D eigenvalue weighted by Gasteiger charge is 2.18. The first kappa shape index (κ1) is 14.3. The molecule has 0 amide bonds. The first-order valence-corrected chi connectivity index (χ1v) is 7.62. The summed E-state index contributed by atoms with van der Waals surface area (Å²) in [4.78, 5) is 12.3.